The van der Waals surface area contributed by atoms with E-state index in [-0.39, 0.29) is 11.4 Å². The first-order valence-corrected chi connectivity index (χ1v) is 10.5. The molecule has 32 heavy (non-hydrogen) atoms. The molecule has 0 radical (unpaired) electrons. The molecule has 0 unspecified atom stereocenters. The van der Waals surface area contributed by atoms with Crippen molar-refractivity contribution < 1.29 is 4.39 Å². The van der Waals surface area contributed by atoms with Gasteiger partial charge in [0.2, 0.25) is 0 Å². The second kappa shape index (κ2) is 8.69. The van der Waals surface area contributed by atoms with Crippen molar-refractivity contribution in [2.24, 2.45) is 0 Å². The second-order valence-electron chi connectivity index (χ2n) is 7.22. The Morgan fingerprint density at radius 3 is 1.44 bits per heavy atom. The molecule has 5 rings (SSSR count). The molecule has 3 nitrogen and oxygen atoms in total. The minimum Gasteiger partial charge on any atom is -0.208 e. The van der Waals surface area contributed by atoms with Crippen LogP contribution in [-0.4, -0.2) is 15.0 Å². The van der Waals surface area contributed by atoms with Gasteiger partial charge in [0.25, 0.3) is 0 Å². The maximum atomic E-state index is 15.3. The predicted octanol–water partition coefficient (Wildman–Crippen LogP) is 7.33. The van der Waals surface area contributed by atoms with E-state index in [9.17, 15) is 0 Å². The van der Waals surface area contributed by atoms with Crippen molar-refractivity contribution in [3.05, 3.63) is 114 Å². The van der Waals surface area contributed by atoms with Crippen molar-refractivity contribution in [1.29, 1.82) is 0 Å². The van der Waals surface area contributed by atoms with Gasteiger partial charge in [-0.05, 0) is 17.7 Å². The zero-order valence-corrected chi connectivity index (χ0v) is 17.7. The van der Waals surface area contributed by atoms with Gasteiger partial charge < -0.3 is 0 Å². The monoisotopic (exact) mass is 437 g/mol. The van der Waals surface area contributed by atoms with Crippen LogP contribution in [0.2, 0.25) is 5.02 Å². The number of benzene rings is 4. The van der Waals surface area contributed by atoms with Crippen LogP contribution in [-0.2, 0) is 0 Å². The summed E-state index contributed by atoms with van der Waals surface area (Å²) in [6.07, 6.45) is 0. The Labute approximate surface area is 190 Å². The van der Waals surface area contributed by atoms with E-state index in [1.807, 2.05) is 91.0 Å². The van der Waals surface area contributed by atoms with E-state index in [0.29, 0.717) is 22.2 Å². The van der Waals surface area contributed by atoms with Gasteiger partial charge >= 0.3 is 0 Å². The van der Waals surface area contributed by atoms with Crippen LogP contribution in [0.15, 0.2) is 103 Å². The van der Waals surface area contributed by atoms with Gasteiger partial charge in [0.15, 0.2) is 17.5 Å². The number of hydrogen-bond donors (Lipinski definition) is 0. The average Bonchev–Trinajstić information content (AvgIpc) is 2.86. The van der Waals surface area contributed by atoms with E-state index in [2.05, 4.69) is 15.0 Å². The van der Waals surface area contributed by atoms with Crippen molar-refractivity contribution >= 4 is 11.6 Å². The van der Waals surface area contributed by atoms with Gasteiger partial charge in [0, 0.05) is 21.7 Å². The average molecular weight is 438 g/mol. The highest BCUT2D eigenvalue weighted by Crippen LogP contribution is 2.34. The number of hydrogen-bond acceptors (Lipinski definition) is 3. The molecule has 0 N–H and O–H groups in total. The van der Waals surface area contributed by atoms with Gasteiger partial charge in [-0.2, -0.15) is 0 Å². The molecule has 0 fully saturated rings. The highest BCUT2D eigenvalue weighted by Gasteiger charge is 2.17. The lowest BCUT2D eigenvalue weighted by Crippen LogP contribution is -2.01. The zero-order valence-electron chi connectivity index (χ0n) is 16.9. The minimum absolute atomic E-state index is 0.228. The maximum absolute atomic E-state index is 15.3. The summed E-state index contributed by atoms with van der Waals surface area (Å²) in [6.45, 7) is 0. The lowest BCUT2D eigenvalue weighted by molar-refractivity contribution is 0.630. The lowest BCUT2D eigenvalue weighted by Gasteiger charge is -2.11. The van der Waals surface area contributed by atoms with Gasteiger partial charge in [-0.15, -0.1) is 0 Å². The fourth-order valence-electron chi connectivity index (χ4n) is 3.49. The molecule has 0 amide bonds. The van der Waals surface area contributed by atoms with Gasteiger partial charge in [-0.1, -0.05) is 103 Å². The molecule has 0 bridgehead atoms. The Morgan fingerprint density at radius 2 is 0.938 bits per heavy atom. The van der Waals surface area contributed by atoms with E-state index >= 15 is 4.39 Å². The molecule has 0 spiro atoms. The van der Waals surface area contributed by atoms with Gasteiger partial charge in [0.05, 0.1) is 5.56 Å². The quantitative estimate of drug-likeness (QED) is 0.295. The van der Waals surface area contributed by atoms with Crippen LogP contribution in [0.1, 0.15) is 0 Å². The van der Waals surface area contributed by atoms with Crippen molar-refractivity contribution in [2.75, 3.05) is 0 Å². The molecule has 0 aliphatic heterocycles. The summed E-state index contributed by atoms with van der Waals surface area (Å²) in [5.41, 5.74) is 3.33. The van der Waals surface area contributed by atoms with Crippen LogP contribution in [0.5, 0.6) is 0 Å². The Bertz CT molecular complexity index is 1320. The first-order chi connectivity index (χ1) is 15.7. The predicted molar refractivity (Wildman–Crippen MR) is 127 cm³/mol. The van der Waals surface area contributed by atoms with Crippen molar-refractivity contribution in [3.63, 3.8) is 0 Å². The molecule has 1 aromatic heterocycles. The summed E-state index contributed by atoms with van der Waals surface area (Å²) < 4.78 is 15.3. The van der Waals surface area contributed by atoms with Gasteiger partial charge in [-0.25, -0.2) is 19.3 Å². The molecular weight excluding hydrogens is 421 g/mol. The van der Waals surface area contributed by atoms with E-state index in [4.69, 9.17) is 11.6 Å². The van der Waals surface area contributed by atoms with Crippen LogP contribution in [0.25, 0.3) is 45.3 Å². The molecule has 5 aromatic rings. The lowest BCUT2D eigenvalue weighted by atomic mass is 10.0. The van der Waals surface area contributed by atoms with Crippen molar-refractivity contribution in [3.8, 4) is 45.3 Å². The highest BCUT2D eigenvalue weighted by atomic mass is 35.5. The van der Waals surface area contributed by atoms with Gasteiger partial charge in [0.1, 0.15) is 5.82 Å². The molecule has 1 heterocycles. The summed E-state index contributed by atoms with van der Waals surface area (Å²) in [6, 6.07) is 31.6. The van der Waals surface area contributed by atoms with E-state index in [0.717, 1.165) is 16.7 Å². The molecule has 4 aromatic carbocycles. The molecule has 0 atom stereocenters. The number of halogens is 2. The first-order valence-electron chi connectivity index (χ1n) is 10.1. The van der Waals surface area contributed by atoms with Crippen molar-refractivity contribution in [1.82, 2.24) is 15.0 Å². The summed E-state index contributed by atoms with van der Waals surface area (Å²) in [4.78, 5) is 13.8. The topological polar surface area (TPSA) is 38.7 Å². The molecule has 154 valence electrons. The van der Waals surface area contributed by atoms with Crippen LogP contribution >= 0.6 is 11.6 Å². The fraction of sp³-hybridized carbons (Fsp3) is 0. The molecule has 0 saturated heterocycles. The van der Waals surface area contributed by atoms with E-state index in [1.165, 1.54) is 6.07 Å². The third-order valence-corrected chi connectivity index (χ3v) is 5.39. The first kappa shape index (κ1) is 20.0. The summed E-state index contributed by atoms with van der Waals surface area (Å²) in [7, 11) is 0. The normalized spacial score (nSPS) is 10.8. The standard InChI is InChI=1S/C27H17ClFN3/c28-23-16-22(24(29)17-21(23)18-10-4-1-5-11-18)27-31-25(19-12-6-2-7-13-19)30-26(32-27)20-14-8-3-9-15-20/h1-17H. The van der Waals surface area contributed by atoms with E-state index < -0.39 is 5.82 Å². The summed E-state index contributed by atoms with van der Waals surface area (Å²) in [5, 5.41) is 0.426. The third-order valence-electron chi connectivity index (χ3n) is 5.08. The highest BCUT2D eigenvalue weighted by molar-refractivity contribution is 6.33. The molecule has 0 saturated carbocycles. The van der Waals surface area contributed by atoms with Crippen molar-refractivity contribution in [2.45, 2.75) is 0 Å². The maximum Gasteiger partial charge on any atom is 0.167 e. The molecule has 5 heteroatoms. The number of aromatic nitrogens is 3. The molecular formula is C27H17ClFN3. The zero-order chi connectivity index (χ0) is 21.9. The van der Waals surface area contributed by atoms with Gasteiger partial charge in [-0.3, -0.25) is 0 Å². The number of rotatable bonds is 4. The Morgan fingerprint density at radius 1 is 0.500 bits per heavy atom. The van der Waals surface area contributed by atoms with Crippen LogP contribution in [0.4, 0.5) is 4.39 Å². The Balaban J connectivity index is 1.68. The largest absolute Gasteiger partial charge is 0.208 e. The number of nitrogens with zero attached hydrogens (tertiary/aromatic N) is 3. The third kappa shape index (κ3) is 4.01. The Hall–Kier alpha value is -3.89. The van der Waals surface area contributed by atoms with Crippen LogP contribution in [0, 0.1) is 5.82 Å². The fourth-order valence-corrected chi connectivity index (χ4v) is 3.76. The van der Waals surface area contributed by atoms with Crippen LogP contribution in [0.3, 0.4) is 0 Å². The summed E-state index contributed by atoms with van der Waals surface area (Å²) >= 11 is 6.56. The smallest absolute Gasteiger partial charge is 0.167 e. The minimum atomic E-state index is -0.447. The SMILES string of the molecule is Fc1cc(-c2ccccc2)c(Cl)cc1-c1nc(-c2ccccc2)nc(-c2ccccc2)n1. The van der Waals surface area contributed by atoms with Crippen LogP contribution < -0.4 is 0 Å². The molecule has 0 aliphatic carbocycles. The Kier molecular flexibility index (Phi) is 5.44. The summed E-state index contributed by atoms with van der Waals surface area (Å²) in [5.74, 6) is 0.725. The molecule has 0 aliphatic rings. The van der Waals surface area contributed by atoms with E-state index in [1.54, 1.807) is 6.07 Å². The second-order valence-corrected chi connectivity index (χ2v) is 7.62.